The van der Waals surface area contributed by atoms with E-state index >= 15 is 0 Å². The number of amides is 2. The average molecular weight is 501 g/mol. The molecular formula is C21H21BrN6O2S. The molecule has 1 fully saturated rings. The Bertz CT molecular complexity index is 1040. The van der Waals surface area contributed by atoms with Crippen LogP contribution in [0.2, 0.25) is 0 Å². The minimum Gasteiger partial charge on any atom is -0.378 e. The van der Waals surface area contributed by atoms with Crippen molar-refractivity contribution in [1.29, 1.82) is 0 Å². The van der Waals surface area contributed by atoms with Crippen molar-refractivity contribution in [2.75, 3.05) is 48.1 Å². The fourth-order valence-corrected chi connectivity index (χ4v) is 3.84. The summed E-state index contributed by atoms with van der Waals surface area (Å²) in [4.78, 5) is 28.9. The highest BCUT2D eigenvalue weighted by atomic mass is 79.9. The maximum atomic E-state index is 12.2. The summed E-state index contributed by atoms with van der Waals surface area (Å²) in [6, 6.07) is 10.6. The summed E-state index contributed by atoms with van der Waals surface area (Å²) in [5.74, 6) is 1.58. The smallest absolute Gasteiger partial charge is 0.323 e. The second kappa shape index (κ2) is 10.1. The first kappa shape index (κ1) is 21.5. The molecule has 0 saturated carbocycles. The Hall–Kier alpha value is -2.69. The first-order valence-electron chi connectivity index (χ1n) is 9.66. The highest BCUT2D eigenvalue weighted by Crippen LogP contribution is 2.29. The predicted octanol–water partition coefficient (Wildman–Crippen LogP) is 4.50. The molecule has 1 saturated heterocycles. The summed E-state index contributed by atoms with van der Waals surface area (Å²) >= 11 is 4.90. The number of benzene rings is 1. The van der Waals surface area contributed by atoms with Gasteiger partial charge >= 0.3 is 6.03 Å². The molecule has 10 heteroatoms. The van der Waals surface area contributed by atoms with Gasteiger partial charge in [-0.15, -0.1) is 11.8 Å². The van der Waals surface area contributed by atoms with Gasteiger partial charge in [0.15, 0.2) is 5.82 Å². The minimum atomic E-state index is -0.341. The number of rotatable bonds is 5. The molecule has 0 unspecified atom stereocenters. The van der Waals surface area contributed by atoms with Gasteiger partial charge in [-0.2, -0.15) is 0 Å². The van der Waals surface area contributed by atoms with Gasteiger partial charge < -0.3 is 20.3 Å². The van der Waals surface area contributed by atoms with Gasteiger partial charge in [-0.1, -0.05) is 0 Å². The van der Waals surface area contributed by atoms with Crippen molar-refractivity contribution in [1.82, 2.24) is 15.0 Å². The molecule has 8 nitrogen and oxygen atoms in total. The predicted molar refractivity (Wildman–Crippen MR) is 127 cm³/mol. The Morgan fingerprint density at radius 3 is 2.42 bits per heavy atom. The molecule has 0 atom stereocenters. The van der Waals surface area contributed by atoms with Gasteiger partial charge in [0.05, 0.1) is 30.0 Å². The van der Waals surface area contributed by atoms with E-state index in [1.807, 2.05) is 36.7 Å². The number of anilines is 3. The van der Waals surface area contributed by atoms with E-state index in [-0.39, 0.29) is 6.03 Å². The molecule has 0 radical (unpaired) electrons. The number of urea groups is 1. The summed E-state index contributed by atoms with van der Waals surface area (Å²) in [7, 11) is 0. The van der Waals surface area contributed by atoms with Gasteiger partial charge in [0, 0.05) is 30.5 Å². The van der Waals surface area contributed by atoms with E-state index in [1.165, 1.54) is 0 Å². The molecule has 3 aromatic rings. The Labute approximate surface area is 193 Å². The Balaban J connectivity index is 1.46. The molecule has 160 valence electrons. The van der Waals surface area contributed by atoms with E-state index in [9.17, 15) is 4.79 Å². The topological polar surface area (TPSA) is 92.3 Å². The number of ether oxygens (including phenoxy) is 1. The maximum absolute atomic E-state index is 12.2. The van der Waals surface area contributed by atoms with Crippen molar-refractivity contribution in [2.45, 2.75) is 4.90 Å². The summed E-state index contributed by atoms with van der Waals surface area (Å²) in [6.07, 6.45) is 5.47. The third kappa shape index (κ3) is 5.52. The number of aromatic nitrogens is 3. The number of nitrogens with zero attached hydrogens (tertiary/aromatic N) is 4. The third-order valence-corrected chi connectivity index (χ3v) is 5.85. The number of carbonyl (C=O) groups excluding carboxylic acids is 1. The Morgan fingerprint density at radius 1 is 1.03 bits per heavy atom. The van der Waals surface area contributed by atoms with Crippen molar-refractivity contribution in [2.24, 2.45) is 0 Å². The van der Waals surface area contributed by atoms with Crippen molar-refractivity contribution >= 4 is 50.9 Å². The maximum Gasteiger partial charge on any atom is 0.323 e. The van der Waals surface area contributed by atoms with E-state index in [1.54, 1.807) is 30.1 Å². The normalized spacial score (nSPS) is 13.7. The van der Waals surface area contributed by atoms with Gasteiger partial charge in [0.2, 0.25) is 0 Å². The van der Waals surface area contributed by atoms with Gasteiger partial charge in [-0.25, -0.2) is 19.7 Å². The Kier molecular flexibility index (Phi) is 7.00. The fourth-order valence-electron chi connectivity index (χ4n) is 3.09. The number of halogens is 1. The average Bonchev–Trinajstić information content (AvgIpc) is 2.81. The van der Waals surface area contributed by atoms with Gasteiger partial charge in [0.1, 0.15) is 10.4 Å². The van der Waals surface area contributed by atoms with Crippen LogP contribution < -0.4 is 15.5 Å². The van der Waals surface area contributed by atoms with Crippen LogP contribution >= 0.6 is 27.7 Å². The molecule has 1 aromatic carbocycles. The first-order chi connectivity index (χ1) is 15.1. The zero-order chi connectivity index (χ0) is 21.6. The van der Waals surface area contributed by atoms with Gasteiger partial charge in [-0.3, -0.25) is 0 Å². The molecule has 0 spiro atoms. The summed E-state index contributed by atoms with van der Waals surface area (Å²) in [6.45, 7) is 3.03. The molecule has 1 aliphatic heterocycles. The number of hydrogen-bond donors (Lipinski definition) is 2. The number of nitrogens with one attached hydrogen (secondary N) is 2. The van der Waals surface area contributed by atoms with Gasteiger partial charge in [0.25, 0.3) is 0 Å². The van der Waals surface area contributed by atoms with Crippen LogP contribution in [0.1, 0.15) is 0 Å². The highest BCUT2D eigenvalue weighted by Gasteiger charge is 2.18. The van der Waals surface area contributed by atoms with E-state index in [4.69, 9.17) is 9.72 Å². The lowest BCUT2D eigenvalue weighted by Crippen LogP contribution is -2.37. The van der Waals surface area contributed by atoms with Crippen molar-refractivity contribution < 1.29 is 9.53 Å². The lowest BCUT2D eigenvalue weighted by molar-refractivity contribution is 0.122. The molecule has 3 heterocycles. The van der Waals surface area contributed by atoms with E-state index < -0.39 is 0 Å². The standard InChI is InChI=1S/C21H21BrN6O2S/c1-31-17-13-24-19(27-20(17)28-8-10-30-11-9-28)14-2-4-15(5-3-14)25-21(29)26-16-6-7-18(22)23-12-16/h2-7,12-13H,8-11H2,1H3,(H2,25,26,29). The Morgan fingerprint density at radius 2 is 1.74 bits per heavy atom. The van der Waals surface area contributed by atoms with Crippen LogP contribution in [-0.4, -0.2) is 53.5 Å². The van der Waals surface area contributed by atoms with E-state index in [0.717, 1.165) is 29.4 Å². The molecule has 0 aliphatic carbocycles. The second-order valence-corrected chi connectivity index (χ2v) is 8.37. The van der Waals surface area contributed by atoms with Crippen LogP contribution in [0.3, 0.4) is 0 Å². The lowest BCUT2D eigenvalue weighted by Gasteiger charge is -2.29. The molecule has 31 heavy (non-hydrogen) atoms. The quantitative estimate of drug-likeness (QED) is 0.393. The van der Waals surface area contributed by atoms with Crippen LogP contribution in [0.4, 0.5) is 22.0 Å². The zero-order valence-electron chi connectivity index (χ0n) is 16.8. The number of carbonyl (C=O) groups is 1. The van der Waals surface area contributed by atoms with Gasteiger partial charge in [-0.05, 0) is 58.6 Å². The fraction of sp³-hybridized carbons (Fsp3) is 0.238. The SMILES string of the molecule is CSc1cnc(-c2ccc(NC(=O)Nc3ccc(Br)nc3)cc2)nc1N1CCOCC1. The van der Waals surface area contributed by atoms with Crippen LogP contribution in [0.25, 0.3) is 11.4 Å². The molecule has 1 aliphatic rings. The van der Waals surface area contributed by atoms with Crippen LogP contribution in [-0.2, 0) is 4.74 Å². The molecule has 0 bridgehead atoms. The molecule has 2 amide bonds. The first-order valence-corrected chi connectivity index (χ1v) is 11.7. The third-order valence-electron chi connectivity index (χ3n) is 4.65. The van der Waals surface area contributed by atoms with Crippen LogP contribution in [0.5, 0.6) is 0 Å². The molecule has 2 N–H and O–H groups in total. The number of morpholine rings is 1. The van der Waals surface area contributed by atoms with E-state index in [2.05, 4.69) is 41.4 Å². The van der Waals surface area contributed by atoms with Crippen LogP contribution in [0.15, 0.2) is 58.3 Å². The monoisotopic (exact) mass is 500 g/mol. The molecule has 4 rings (SSSR count). The second-order valence-electron chi connectivity index (χ2n) is 6.71. The molecular weight excluding hydrogens is 480 g/mol. The van der Waals surface area contributed by atoms with E-state index in [0.29, 0.717) is 35.0 Å². The minimum absolute atomic E-state index is 0.341. The number of thioether (sulfide) groups is 1. The summed E-state index contributed by atoms with van der Waals surface area (Å²) in [5.41, 5.74) is 2.15. The largest absolute Gasteiger partial charge is 0.378 e. The highest BCUT2D eigenvalue weighted by molar-refractivity contribution is 9.10. The van der Waals surface area contributed by atoms with Crippen molar-refractivity contribution in [3.05, 3.63) is 53.4 Å². The lowest BCUT2D eigenvalue weighted by atomic mass is 10.2. The van der Waals surface area contributed by atoms with Crippen LogP contribution in [0, 0.1) is 0 Å². The number of pyridine rings is 1. The molecule has 2 aromatic heterocycles. The van der Waals surface area contributed by atoms with Crippen molar-refractivity contribution in [3.63, 3.8) is 0 Å². The number of hydrogen-bond acceptors (Lipinski definition) is 7. The summed E-state index contributed by atoms with van der Waals surface area (Å²) in [5, 5.41) is 5.55. The van der Waals surface area contributed by atoms with Crippen molar-refractivity contribution in [3.8, 4) is 11.4 Å². The zero-order valence-corrected chi connectivity index (χ0v) is 19.2. The summed E-state index contributed by atoms with van der Waals surface area (Å²) < 4.78 is 6.17.